The lowest BCUT2D eigenvalue weighted by Gasteiger charge is -2.32. The summed E-state index contributed by atoms with van der Waals surface area (Å²) in [5, 5.41) is 0. The van der Waals surface area contributed by atoms with Gasteiger partial charge in [-0.2, -0.15) is 0 Å². The van der Waals surface area contributed by atoms with Gasteiger partial charge in [-0.3, -0.25) is 4.79 Å². The van der Waals surface area contributed by atoms with E-state index in [9.17, 15) is 4.79 Å². The number of nitrogens with zero attached hydrogens (tertiary/aromatic N) is 2. The van der Waals surface area contributed by atoms with Gasteiger partial charge in [0.25, 0.3) is 0 Å². The summed E-state index contributed by atoms with van der Waals surface area (Å²) in [6, 6.07) is 6.41. The van der Waals surface area contributed by atoms with E-state index in [1.165, 1.54) is 12.8 Å². The van der Waals surface area contributed by atoms with Crippen LogP contribution >= 0.6 is 0 Å². The predicted molar refractivity (Wildman–Crippen MR) is 93.6 cm³/mol. The predicted octanol–water partition coefficient (Wildman–Crippen LogP) is 2.19. The van der Waals surface area contributed by atoms with Crippen molar-refractivity contribution in [2.24, 2.45) is 5.92 Å². The molecular weight excluding hydrogens is 304 g/mol. The standard InChI is InChI=1S/C19H28N2O3/c1-20-11-15-4-7-16(20)13-21(12-15)19(22)9-6-14-5-8-17(23-2)18(10-14)24-3/h5,8,10,15-16H,4,6-7,9,11-13H2,1-3H3/t15-,16-/m0/s1. The molecule has 2 bridgehead atoms. The second kappa shape index (κ2) is 7.43. The van der Waals surface area contributed by atoms with Crippen LogP contribution in [0.4, 0.5) is 0 Å². The van der Waals surface area contributed by atoms with Crippen molar-refractivity contribution in [1.82, 2.24) is 9.80 Å². The number of amides is 1. The van der Waals surface area contributed by atoms with E-state index in [-0.39, 0.29) is 5.91 Å². The molecule has 3 fully saturated rings. The number of fused-ring (bicyclic) bond motifs is 4. The molecule has 0 aliphatic carbocycles. The number of carbonyl (C=O) groups is 1. The smallest absolute Gasteiger partial charge is 0.222 e. The second-order valence-corrected chi connectivity index (χ2v) is 7.02. The molecule has 5 heteroatoms. The number of hydrogen-bond acceptors (Lipinski definition) is 4. The van der Waals surface area contributed by atoms with E-state index in [2.05, 4.69) is 16.8 Å². The molecule has 1 amide bonds. The number of ether oxygens (including phenoxy) is 2. The van der Waals surface area contributed by atoms with Crippen LogP contribution in [0.5, 0.6) is 11.5 Å². The summed E-state index contributed by atoms with van der Waals surface area (Å²) >= 11 is 0. The molecule has 24 heavy (non-hydrogen) atoms. The fourth-order valence-corrected chi connectivity index (χ4v) is 3.97. The number of rotatable bonds is 5. The molecule has 0 aromatic heterocycles. The summed E-state index contributed by atoms with van der Waals surface area (Å²) in [6.07, 6.45) is 3.77. The van der Waals surface area contributed by atoms with Crippen molar-refractivity contribution >= 4 is 5.91 Å². The molecule has 1 aromatic carbocycles. The van der Waals surface area contributed by atoms with E-state index in [0.717, 1.165) is 43.1 Å². The monoisotopic (exact) mass is 332 g/mol. The number of methoxy groups -OCH3 is 2. The van der Waals surface area contributed by atoms with Crippen LogP contribution in [0, 0.1) is 5.92 Å². The van der Waals surface area contributed by atoms with Crippen molar-refractivity contribution in [3.05, 3.63) is 23.8 Å². The first-order valence-corrected chi connectivity index (χ1v) is 8.79. The Bertz CT molecular complexity index is 590. The molecule has 4 rings (SSSR count). The number of likely N-dealkylation sites (N-methyl/N-ethyl adjacent to an activating group) is 1. The van der Waals surface area contributed by atoms with Gasteiger partial charge in [-0.15, -0.1) is 0 Å². The zero-order valence-corrected chi connectivity index (χ0v) is 15.0. The van der Waals surface area contributed by atoms with E-state index < -0.39 is 0 Å². The van der Waals surface area contributed by atoms with Gasteiger partial charge in [0, 0.05) is 32.1 Å². The van der Waals surface area contributed by atoms with Gasteiger partial charge in [-0.1, -0.05) is 6.07 Å². The molecule has 1 aromatic rings. The summed E-state index contributed by atoms with van der Waals surface area (Å²) in [5.41, 5.74) is 1.11. The first-order chi connectivity index (χ1) is 11.6. The number of hydrogen-bond donors (Lipinski definition) is 0. The molecule has 0 radical (unpaired) electrons. The quantitative estimate of drug-likeness (QED) is 0.829. The maximum atomic E-state index is 12.7. The van der Waals surface area contributed by atoms with Gasteiger partial charge in [0.2, 0.25) is 5.91 Å². The summed E-state index contributed by atoms with van der Waals surface area (Å²) < 4.78 is 10.6. The minimum absolute atomic E-state index is 0.275. The Morgan fingerprint density at radius 1 is 1.12 bits per heavy atom. The Labute approximate surface area is 144 Å². The van der Waals surface area contributed by atoms with Crippen molar-refractivity contribution in [1.29, 1.82) is 0 Å². The number of benzene rings is 1. The zero-order chi connectivity index (χ0) is 17.1. The number of carbonyl (C=O) groups excluding carboxylic acids is 1. The van der Waals surface area contributed by atoms with Crippen LogP contribution in [0.3, 0.4) is 0 Å². The Morgan fingerprint density at radius 2 is 1.92 bits per heavy atom. The van der Waals surface area contributed by atoms with Crippen LogP contribution in [0.25, 0.3) is 0 Å². The van der Waals surface area contributed by atoms with Crippen LogP contribution < -0.4 is 9.47 Å². The molecular formula is C19H28N2O3. The maximum Gasteiger partial charge on any atom is 0.222 e. The Hall–Kier alpha value is -1.75. The summed E-state index contributed by atoms with van der Waals surface area (Å²) in [6.45, 7) is 2.94. The van der Waals surface area contributed by atoms with Gasteiger partial charge in [0.1, 0.15) is 0 Å². The first kappa shape index (κ1) is 17.1. The van der Waals surface area contributed by atoms with Gasteiger partial charge in [-0.05, 0) is 49.9 Å². The van der Waals surface area contributed by atoms with E-state index >= 15 is 0 Å². The van der Waals surface area contributed by atoms with Crippen molar-refractivity contribution in [2.75, 3.05) is 40.9 Å². The highest BCUT2D eigenvalue weighted by Gasteiger charge is 2.34. The maximum absolute atomic E-state index is 12.7. The van der Waals surface area contributed by atoms with Crippen LogP contribution in [0.1, 0.15) is 24.8 Å². The van der Waals surface area contributed by atoms with Gasteiger partial charge in [-0.25, -0.2) is 0 Å². The molecule has 0 spiro atoms. The van der Waals surface area contributed by atoms with Crippen LogP contribution in [0.15, 0.2) is 18.2 Å². The average molecular weight is 332 g/mol. The SMILES string of the molecule is COc1ccc(CCC(=O)N2C[C@H]3CC[C@@H](C2)N(C)C3)cc1OC. The van der Waals surface area contributed by atoms with Gasteiger partial charge in [0.15, 0.2) is 11.5 Å². The van der Waals surface area contributed by atoms with Crippen LogP contribution in [-0.2, 0) is 11.2 Å². The molecule has 3 saturated heterocycles. The fraction of sp³-hybridized carbons (Fsp3) is 0.632. The van der Waals surface area contributed by atoms with E-state index in [1.807, 2.05) is 18.2 Å². The fourth-order valence-electron chi connectivity index (χ4n) is 3.97. The zero-order valence-electron chi connectivity index (χ0n) is 15.0. The van der Waals surface area contributed by atoms with Crippen molar-refractivity contribution < 1.29 is 14.3 Å². The lowest BCUT2D eigenvalue weighted by molar-refractivity contribution is -0.131. The van der Waals surface area contributed by atoms with Crippen molar-refractivity contribution in [3.63, 3.8) is 0 Å². The van der Waals surface area contributed by atoms with Crippen LogP contribution in [-0.4, -0.2) is 62.7 Å². The summed E-state index contributed by atoms with van der Waals surface area (Å²) in [4.78, 5) is 17.2. The number of aryl methyl sites for hydroxylation is 1. The molecule has 132 valence electrons. The van der Waals surface area contributed by atoms with Gasteiger partial charge < -0.3 is 19.3 Å². The third kappa shape index (κ3) is 3.66. The molecule has 0 unspecified atom stereocenters. The van der Waals surface area contributed by atoms with E-state index in [1.54, 1.807) is 14.2 Å². The molecule has 3 heterocycles. The van der Waals surface area contributed by atoms with Gasteiger partial charge >= 0.3 is 0 Å². The van der Waals surface area contributed by atoms with Crippen LogP contribution in [0.2, 0.25) is 0 Å². The van der Waals surface area contributed by atoms with Crippen molar-refractivity contribution in [3.8, 4) is 11.5 Å². The molecule has 2 atom stereocenters. The highest BCUT2D eigenvalue weighted by Crippen LogP contribution is 2.29. The Morgan fingerprint density at radius 3 is 2.62 bits per heavy atom. The minimum Gasteiger partial charge on any atom is -0.493 e. The van der Waals surface area contributed by atoms with Gasteiger partial charge in [0.05, 0.1) is 14.2 Å². The number of piperidine rings is 1. The molecule has 3 aliphatic rings. The topological polar surface area (TPSA) is 42.0 Å². The summed E-state index contributed by atoms with van der Waals surface area (Å²) in [5.74, 6) is 2.35. The molecule has 0 N–H and O–H groups in total. The Balaban J connectivity index is 1.59. The highest BCUT2D eigenvalue weighted by molar-refractivity contribution is 5.76. The normalized spacial score (nSPS) is 23.9. The molecule has 3 aliphatic heterocycles. The highest BCUT2D eigenvalue weighted by atomic mass is 16.5. The van der Waals surface area contributed by atoms with E-state index in [4.69, 9.17) is 9.47 Å². The lowest BCUT2D eigenvalue weighted by atomic mass is 9.96. The first-order valence-electron chi connectivity index (χ1n) is 8.79. The molecule has 0 saturated carbocycles. The third-order valence-corrected chi connectivity index (χ3v) is 5.42. The van der Waals surface area contributed by atoms with Crippen molar-refractivity contribution in [2.45, 2.75) is 31.7 Å². The Kier molecular flexibility index (Phi) is 5.29. The van der Waals surface area contributed by atoms with E-state index in [0.29, 0.717) is 18.4 Å². The summed E-state index contributed by atoms with van der Waals surface area (Å²) in [7, 11) is 5.45. The lowest BCUT2D eigenvalue weighted by Crippen LogP contribution is -2.41. The second-order valence-electron chi connectivity index (χ2n) is 7.02. The average Bonchev–Trinajstić information content (AvgIpc) is 2.90. The third-order valence-electron chi connectivity index (χ3n) is 5.42. The largest absolute Gasteiger partial charge is 0.493 e. The molecule has 5 nitrogen and oxygen atoms in total. The minimum atomic E-state index is 0.275.